The zero-order valence-electron chi connectivity index (χ0n) is 10.3. The molecule has 1 aliphatic heterocycles. The predicted octanol–water partition coefficient (Wildman–Crippen LogP) is 0.686. The monoisotopic (exact) mass is 237 g/mol. The molecular formula is C11H19N5O. The molecular weight excluding hydrogens is 218 g/mol. The highest BCUT2D eigenvalue weighted by Crippen LogP contribution is 2.23. The van der Waals surface area contributed by atoms with Crippen molar-refractivity contribution in [3.05, 3.63) is 11.9 Å². The molecule has 1 aliphatic rings. The first-order valence-electron chi connectivity index (χ1n) is 5.87. The molecule has 1 aromatic heterocycles. The fraction of sp³-hybridized carbons (Fsp3) is 0.636. The number of hydrogen-bond donors (Lipinski definition) is 2. The Kier molecular flexibility index (Phi) is 3.75. The summed E-state index contributed by atoms with van der Waals surface area (Å²) in [6.07, 6.45) is 2.77. The average molecular weight is 237 g/mol. The summed E-state index contributed by atoms with van der Waals surface area (Å²) in [5.41, 5.74) is 3.57. The minimum atomic E-state index is 0.223. The first-order valence-corrected chi connectivity index (χ1v) is 5.87. The van der Waals surface area contributed by atoms with E-state index in [0.29, 0.717) is 5.82 Å². The van der Waals surface area contributed by atoms with E-state index in [1.54, 1.807) is 0 Å². The number of nitrogens with zero attached hydrogens (tertiary/aromatic N) is 3. The molecule has 0 saturated carbocycles. The number of hydrazine groups is 1. The van der Waals surface area contributed by atoms with Crippen molar-refractivity contribution in [3.63, 3.8) is 0 Å². The van der Waals surface area contributed by atoms with Gasteiger partial charge in [0.15, 0.2) is 0 Å². The van der Waals surface area contributed by atoms with Gasteiger partial charge in [-0.1, -0.05) is 0 Å². The van der Waals surface area contributed by atoms with Crippen LogP contribution in [0.2, 0.25) is 0 Å². The van der Waals surface area contributed by atoms with Gasteiger partial charge in [-0.25, -0.2) is 15.8 Å². The van der Waals surface area contributed by atoms with Crippen LogP contribution < -0.4 is 16.2 Å². The zero-order valence-corrected chi connectivity index (χ0v) is 10.3. The first-order chi connectivity index (χ1) is 8.22. The maximum atomic E-state index is 5.63. The van der Waals surface area contributed by atoms with Crippen LogP contribution in [0.5, 0.6) is 0 Å². The molecule has 1 unspecified atom stereocenters. The number of nitrogens with one attached hydrogen (secondary N) is 1. The molecule has 2 rings (SSSR count). The van der Waals surface area contributed by atoms with Crippen LogP contribution in [-0.2, 0) is 4.74 Å². The molecule has 94 valence electrons. The van der Waals surface area contributed by atoms with Crippen molar-refractivity contribution in [1.29, 1.82) is 0 Å². The number of nitrogen functional groups attached to an aromatic ring is 1. The van der Waals surface area contributed by atoms with Crippen LogP contribution in [-0.4, -0.2) is 35.8 Å². The molecule has 0 aliphatic carbocycles. The van der Waals surface area contributed by atoms with Crippen molar-refractivity contribution < 1.29 is 4.74 Å². The second kappa shape index (κ2) is 5.29. The summed E-state index contributed by atoms with van der Waals surface area (Å²) < 4.78 is 5.63. The molecule has 1 atom stereocenters. The van der Waals surface area contributed by atoms with E-state index < -0.39 is 0 Å². The van der Waals surface area contributed by atoms with Crippen LogP contribution in [0.25, 0.3) is 0 Å². The zero-order chi connectivity index (χ0) is 12.3. The standard InChI is InChI=1S/C11H19N5O/c1-8-6-16(4-3-5-17-8)11-9(2)10(15-12)13-7-14-11/h7-8H,3-6,12H2,1-2H3,(H,13,14,15). The van der Waals surface area contributed by atoms with Crippen molar-refractivity contribution in [2.75, 3.05) is 30.0 Å². The van der Waals surface area contributed by atoms with Crippen LogP contribution in [0.15, 0.2) is 6.33 Å². The highest BCUT2D eigenvalue weighted by atomic mass is 16.5. The van der Waals surface area contributed by atoms with Gasteiger partial charge in [-0.05, 0) is 20.3 Å². The van der Waals surface area contributed by atoms with Gasteiger partial charge in [-0.2, -0.15) is 0 Å². The summed E-state index contributed by atoms with van der Waals surface area (Å²) in [4.78, 5) is 10.7. The summed E-state index contributed by atoms with van der Waals surface area (Å²) in [5, 5.41) is 0. The van der Waals surface area contributed by atoms with E-state index in [9.17, 15) is 0 Å². The lowest BCUT2D eigenvalue weighted by atomic mass is 10.2. The van der Waals surface area contributed by atoms with Crippen LogP contribution in [0.3, 0.4) is 0 Å². The third-order valence-corrected chi connectivity index (χ3v) is 2.95. The Hall–Kier alpha value is -1.40. The molecule has 2 heterocycles. The maximum Gasteiger partial charge on any atom is 0.148 e. The quantitative estimate of drug-likeness (QED) is 0.582. The Balaban J connectivity index is 2.25. The van der Waals surface area contributed by atoms with E-state index in [2.05, 4.69) is 27.2 Å². The molecule has 0 spiro atoms. The topological polar surface area (TPSA) is 76.3 Å². The number of hydrogen-bond acceptors (Lipinski definition) is 6. The van der Waals surface area contributed by atoms with Gasteiger partial charge in [0.2, 0.25) is 0 Å². The molecule has 0 bridgehead atoms. The van der Waals surface area contributed by atoms with Gasteiger partial charge in [-0.3, -0.25) is 0 Å². The molecule has 0 aromatic carbocycles. The Morgan fingerprint density at radius 2 is 2.35 bits per heavy atom. The van der Waals surface area contributed by atoms with Gasteiger partial charge in [0.1, 0.15) is 18.0 Å². The van der Waals surface area contributed by atoms with Crippen molar-refractivity contribution in [1.82, 2.24) is 9.97 Å². The molecule has 17 heavy (non-hydrogen) atoms. The second-order valence-electron chi connectivity index (χ2n) is 4.30. The van der Waals surface area contributed by atoms with Crippen molar-refractivity contribution >= 4 is 11.6 Å². The van der Waals surface area contributed by atoms with Gasteiger partial charge >= 0.3 is 0 Å². The Bertz CT molecular complexity index is 384. The number of nitrogens with two attached hydrogens (primary N) is 1. The molecule has 3 N–H and O–H groups in total. The van der Waals surface area contributed by atoms with Crippen molar-refractivity contribution in [3.8, 4) is 0 Å². The maximum absolute atomic E-state index is 5.63. The lowest BCUT2D eigenvalue weighted by Crippen LogP contribution is -2.31. The summed E-state index contributed by atoms with van der Waals surface area (Å²) in [5.74, 6) is 7.03. The summed E-state index contributed by atoms with van der Waals surface area (Å²) in [6, 6.07) is 0. The highest BCUT2D eigenvalue weighted by Gasteiger charge is 2.19. The average Bonchev–Trinajstić information content (AvgIpc) is 2.54. The summed E-state index contributed by atoms with van der Waals surface area (Å²) >= 11 is 0. The molecule has 6 heteroatoms. The van der Waals surface area contributed by atoms with E-state index in [4.69, 9.17) is 10.6 Å². The fourth-order valence-electron chi connectivity index (χ4n) is 2.09. The number of aromatic nitrogens is 2. The third kappa shape index (κ3) is 2.65. The lowest BCUT2D eigenvalue weighted by Gasteiger charge is -2.25. The molecule has 1 fully saturated rings. The molecule has 6 nitrogen and oxygen atoms in total. The second-order valence-corrected chi connectivity index (χ2v) is 4.30. The summed E-state index contributed by atoms with van der Waals surface area (Å²) in [7, 11) is 0. The third-order valence-electron chi connectivity index (χ3n) is 2.95. The number of ether oxygens (including phenoxy) is 1. The minimum absolute atomic E-state index is 0.223. The SMILES string of the molecule is Cc1c(NN)ncnc1N1CCCOC(C)C1. The number of anilines is 2. The van der Waals surface area contributed by atoms with Crippen LogP contribution in [0.1, 0.15) is 18.9 Å². The van der Waals surface area contributed by atoms with E-state index in [0.717, 1.165) is 37.5 Å². The van der Waals surface area contributed by atoms with Crippen molar-refractivity contribution in [2.45, 2.75) is 26.4 Å². The fourth-order valence-corrected chi connectivity index (χ4v) is 2.09. The van der Waals surface area contributed by atoms with E-state index in [1.807, 2.05) is 6.92 Å². The van der Waals surface area contributed by atoms with Crippen LogP contribution >= 0.6 is 0 Å². The predicted molar refractivity (Wildman–Crippen MR) is 66.8 cm³/mol. The van der Waals surface area contributed by atoms with Crippen molar-refractivity contribution in [2.24, 2.45) is 5.84 Å². The Morgan fingerprint density at radius 1 is 1.53 bits per heavy atom. The Morgan fingerprint density at radius 3 is 3.12 bits per heavy atom. The molecule has 1 aromatic rings. The molecule has 0 amide bonds. The van der Waals surface area contributed by atoms with E-state index in [1.165, 1.54) is 6.33 Å². The van der Waals surface area contributed by atoms with Gasteiger partial charge in [0.25, 0.3) is 0 Å². The molecule has 0 radical (unpaired) electrons. The van der Waals surface area contributed by atoms with Gasteiger partial charge in [0.05, 0.1) is 6.10 Å². The summed E-state index contributed by atoms with van der Waals surface area (Å²) in [6.45, 7) is 6.66. The minimum Gasteiger partial charge on any atom is -0.377 e. The lowest BCUT2D eigenvalue weighted by molar-refractivity contribution is 0.0820. The van der Waals surface area contributed by atoms with Gasteiger partial charge in [-0.15, -0.1) is 0 Å². The van der Waals surface area contributed by atoms with Gasteiger partial charge in [0, 0.05) is 25.3 Å². The largest absolute Gasteiger partial charge is 0.377 e. The van der Waals surface area contributed by atoms with Gasteiger partial charge < -0.3 is 15.1 Å². The first kappa shape index (κ1) is 12.1. The van der Waals surface area contributed by atoms with Crippen LogP contribution in [0.4, 0.5) is 11.6 Å². The smallest absolute Gasteiger partial charge is 0.148 e. The van der Waals surface area contributed by atoms with E-state index in [-0.39, 0.29) is 6.10 Å². The number of rotatable bonds is 2. The van der Waals surface area contributed by atoms with Crippen LogP contribution in [0, 0.1) is 6.92 Å². The normalized spacial score (nSPS) is 21.1. The molecule has 1 saturated heterocycles. The Labute approximate surface area is 101 Å². The van der Waals surface area contributed by atoms with E-state index >= 15 is 0 Å². The highest BCUT2D eigenvalue weighted by molar-refractivity contribution is 5.57.